The van der Waals surface area contributed by atoms with Crippen molar-refractivity contribution in [3.05, 3.63) is 77.1 Å². The van der Waals surface area contributed by atoms with Crippen LogP contribution in [0, 0.1) is 5.82 Å². The summed E-state index contributed by atoms with van der Waals surface area (Å²) in [5, 5.41) is 19.2. The number of thioether (sulfide) groups is 1. The molecule has 1 atom stereocenters. The monoisotopic (exact) mass is 573 g/mol. The number of halogens is 1. The van der Waals surface area contributed by atoms with Crippen molar-refractivity contribution in [2.75, 3.05) is 33.3 Å². The van der Waals surface area contributed by atoms with Crippen LogP contribution in [0.25, 0.3) is 0 Å². The van der Waals surface area contributed by atoms with Crippen LogP contribution in [-0.2, 0) is 16.1 Å². The van der Waals surface area contributed by atoms with E-state index in [1.54, 1.807) is 12.1 Å². The molecule has 0 saturated carbocycles. The molecule has 4 rings (SSSR count). The van der Waals surface area contributed by atoms with E-state index in [0.717, 1.165) is 67.7 Å². The van der Waals surface area contributed by atoms with Gasteiger partial charge in [0.05, 0.1) is 24.0 Å². The first-order valence-corrected chi connectivity index (χ1v) is 14.0. The van der Waals surface area contributed by atoms with Gasteiger partial charge in [0.1, 0.15) is 11.6 Å². The van der Waals surface area contributed by atoms with E-state index in [1.807, 2.05) is 31.3 Å². The van der Waals surface area contributed by atoms with Crippen molar-refractivity contribution in [3.8, 4) is 5.75 Å². The summed E-state index contributed by atoms with van der Waals surface area (Å²) in [6.07, 6.45) is 4.64. The SMILES string of the molecule is CN(C1=NCc2ccccc2C(/C(=C\C(=O)O)C(=O)O)S1)C1CCN(CCCCOc2ccc(F)cc2)CC1.O. The van der Waals surface area contributed by atoms with Crippen LogP contribution in [0.3, 0.4) is 0 Å². The number of hydrogen-bond acceptors (Lipinski definition) is 7. The first kappa shape index (κ1) is 31.1. The molecule has 2 aliphatic heterocycles. The van der Waals surface area contributed by atoms with Gasteiger partial charge in [-0.1, -0.05) is 36.0 Å². The van der Waals surface area contributed by atoms with Crippen molar-refractivity contribution in [1.82, 2.24) is 9.80 Å². The van der Waals surface area contributed by atoms with E-state index < -0.39 is 17.2 Å². The van der Waals surface area contributed by atoms with Gasteiger partial charge in [-0.25, -0.2) is 14.0 Å². The van der Waals surface area contributed by atoms with Gasteiger partial charge in [-0.05, 0) is 67.6 Å². The number of piperidine rings is 1. The largest absolute Gasteiger partial charge is 0.494 e. The number of likely N-dealkylation sites (tertiary alicyclic amines) is 1. The minimum atomic E-state index is -1.28. The van der Waals surface area contributed by atoms with Crippen LogP contribution in [0.2, 0.25) is 0 Å². The zero-order chi connectivity index (χ0) is 27.8. The number of unbranched alkanes of at least 4 members (excludes halogenated alkanes) is 1. The minimum Gasteiger partial charge on any atom is -0.494 e. The summed E-state index contributed by atoms with van der Waals surface area (Å²) < 4.78 is 18.7. The Morgan fingerprint density at radius 2 is 1.82 bits per heavy atom. The Bertz CT molecular complexity index is 1210. The molecule has 1 saturated heterocycles. The number of rotatable bonds is 10. The maximum absolute atomic E-state index is 13.0. The van der Waals surface area contributed by atoms with E-state index in [2.05, 4.69) is 9.80 Å². The number of aliphatic carboxylic acids is 2. The van der Waals surface area contributed by atoms with Crippen LogP contribution in [0.4, 0.5) is 4.39 Å². The quantitative estimate of drug-likeness (QED) is 0.322. The first-order chi connectivity index (χ1) is 18.8. The van der Waals surface area contributed by atoms with Gasteiger partial charge in [-0.15, -0.1) is 0 Å². The van der Waals surface area contributed by atoms with Crippen molar-refractivity contribution >= 4 is 28.9 Å². The van der Waals surface area contributed by atoms with Crippen LogP contribution < -0.4 is 4.74 Å². The molecule has 0 bridgehead atoms. The molecule has 216 valence electrons. The molecule has 0 aromatic heterocycles. The number of carbonyl (C=O) groups is 2. The van der Waals surface area contributed by atoms with Gasteiger partial charge in [0, 0.05) is 32.3 Å². The Morgan fingerprint density at radius 3 is 2.50 bits per heavy atom. The molecule has 1 fully saturated rings. The third-order valence-corrected chi connectivity index (χ3v) is 8.48. The molecule has 40 heavy (non-hydrogen) atoms. The highest BCUT2D eigenvalue weighted by Crippen LogP contribution is 2.42. The molecule has 1 unspecified atom stereocenters. The van der Waals surface area contributed by atoms with Crippen LogP contribution in [0.5, 0.6) is 5.75 Å². The Balaban J connectivity index is 0.00000441. The number of hydrogen-bond donors (Lipinski definition) is 2. The lowest BCUT2D eigenvalue weighted by atomic mass is 9.99. The van der Waals surface area contributed by atoms with Gasteiger partial charge in [0.15, 0.2) is 5.17 Å². The normalized spacial score (nSPS) is 18.1. The zero-order valence-electron chi connectivity index (χ0n) is 22.5. The molecule has 4 N–H and O–H groups in total. The summed E-state index contributed by atoms with van der Waals surface area (Å²) in [4.78, 5) is 32.9. The second-order valence-electron chi connectivity index (χ2n) is 9.73. The van der Waals surface area contributed by atoms with Crippen molar-refractivity contribution in [2.24, 2.45) is 4.99 Å². The molecule has 2 aromatic carbocycles. The lowest BCUT2D eigenvalue weighted by Gasteiger charge is -2.38. The van der Waals surface area contributed by atoms with Gasteiger partial charge >= 0.3 is 11.9 Å². The summed E-state index contributed by atoms with van der Waals surface area (Å²) in [7, 11) is 1.99. The molecule has 9 nitrogen and oxygen atoms in total. The maximum atomic E-state index is 13.0. The number of amidine groups is 1. The number of fused-ring (bicyclic) bond motifs is 1. The summed E-state index contributed by atoms with van der Waals surface area (Å²) in [5.74, 6) is -2.12. The average molecular weight is 574 g/mol. The first-order valence-electron chi connectivity index (χ1n) is 13.1. The van der Waals surface area contributed by atoms with Crippen LogP contribution in [0.1, 0.15) is 42.1 Å². The number of nitrogens with zero attached hydrogens (tertiary/aromatic N) is 3. The van der Waals surface area contributed by atoms with E-state index in [0.29, 0.717) is 18.9 Å². The van der Waals surface area contributed by atoms with E-state index in [1.165, 1.54) is 23.9 Å². The second kappa shape index (κ2) is 14.8. The third-order valence-electron chi connectivity index (χ3n) is 7.11. The highest BCUT2D eigenvalue weighted by atomic mass is 32.2. The highest BCUT2D eigenvalue weighted by molar-refractivity contribution is 8.14. The van der Waals surface area contributed by atoms with E-state index in [4.69, 9.17) is 9.73 Å². The molecule has 0 amide bonds. The van der Waals surface area contributed by atoms with Gasteiger partial charge in [-0.2, -0.15) is 0 Å². The summed E-state index contributed by atoms with van der Waals surface area (Å²) >= 11 is 1.31. The summed E-state index contributed by atoms with van der Waals surface area (Å²) in [6, 6.07) is 13.8. The van der Waals surface area contributed by atoms with Gasteiger partial charge in [0.2, 0.25) is 0 Å². The Labute approximate surface area is 237 Å². The fraction of sp³-hybridized carbons (Fsp3) is 0.414. The molecular formula is C29H36FN3O6S. The maximum Gasteiger partial charge on any atom is 0.333 e. The predicted octanol–water partition coefficient (Wildman–Crippen LogP) is 4.00. The van der Waals surface area contributed by atoms with Gasteiger partial charge < -0.3 is 30.2 Å². The molecule has 2 aromatic rings. The second-order valence-corrected chi connectivity index (χ2v) is 10.8. The summed E-state index contributed by atoms with van der Waals surface area (Å²) in [6.45, 7) is 3.90. The Kier molecular flexibility index (Phi) is 11.5. The summed E-state index contributed by atoms with van der Waals surface area (Å²) in [5.41, 5.74) is 1.51. The van der Waals surface area contributed by atoms with Crippen molar-refractivity contribution in [1.29, 1.82) is 0 Å². The molecule has 0 spiro atoms. The predicted molar refractivity (Wildman–Crippen MR) is 153 cm³/mol. The van der Waals surface area contributed by atoms with Crippen LogP contribution >= 0.6 is 11.8 Å². The molecule has 11 heteroatoms. The molecular weight excluding hydrogens is 537 g/mol. The minimum absolute atomic E-state index is 0. The number of benzene rings is 2. The van der Waals surface area contributed by atoms with E-state index in [9.17, 15) is 24.2 Å². The fourth-order valence-electron chi connectivity index (χ4n) is 4.95. The van der Waals surface area contributed by atoms with Crippen LogP contribution in [0.15, 0.2) is 65.2 Å². The van der Waals surface area contributed by atoms with Crippen molar-refractivity contribution in [2.45, 2.75) is 43.5 Å². The van der Waals surface area contributed by atoms with Crippen molar-refractivity contribution in [3.63, 3.8) is 0 Å². The van der Waals surface area contributed by atoms with Crippen LogP contribution in [-0.4, -0.2) is 81.9 Å². The van der Waals surface area contributed by atoms with E-state index in [-0.39, 0.29) is 22.9 Å². The van der Waals surface area contributed by atoms with Crippen molar-refractivity contribution < 1.29 is 34.4 Å². The van der Waals surface area contributed by atoms with Gasteiger partial charge in [0.25, 0.3) is 0 Å². The Hall–Kier alpha value is -3.41. The molecule has 2 heterocycles. The topological polar surface area (TPSA) is 134 Å². The average Bonchev–Trinajstić information content (AvgIpc) is 3.12. The molecule has 0 radical (unpaired) electrons. The number of ether oxygens (including phenoxy) is 1. The third kappa shape index (κ3) is 8.30. The lowest BCUT2D eigenvalue weighted by molar-refractivity contribution is -0.135. The van der Waals surface area contributed by atoms with Gasteiger partial charge in [-0.3, -0.25) is 4.99 Å². The standard InChI is InChI=1S/C29H34FN3O5S.H2O/c1-32(22-12-15-33(16-13-22)14-4-5-17-38-23-10-8-21(30)9-11-23)29-31-19-20-6-2-3-7-24(20)27(39-29)25(28(36)37)18-26(34)35;/h2-3,6-11,18,22,27H,4-5,12-17,19H2,1H3,(H,34,35)(H,36,37);1H2/b25-18+;. The number of carboxylic acids is 2. The molecule has 0 aliphatic carbocycles. The number of carboxylic acid groups (broad SMARTS) is 2. The smallest absolute Gasteiger partial charge is 0.333 e. The highest BCUT2D eigenvalue weighted by Gasteiger charge is 2.33. The zero-order valence-corrected chi connectivity index (χ0v) is 23.3. The number of aliphatic imine (C=N–C) groups is 1. The lowest BCUT2D eigenvalue weighted by Crippen LogP contribution is -2.45. The Morgan fingerprint density at radius 1 is 1.12 bits per heavy atom. The fourth-order valence-corrected chi connectivity index (χ4v) is 6.26. The van der Waals surface area contributed by atoms with E-state index >= 15 is 0 Å². The molecule has 2 aliphatic rings.